The lowest BCUT2D eigenvalue weighted by atomic mass is 9.46. The Morgan fingerprint density at radius 3 is 2.88 bits per heavy atom. The number of rotatable bonds is 1. The van der Waals surface area contributed by atoms with Crippen molar-refractivity contribution in [2.24, 2.45) is 34.5 Å². The van der Waals surface area contributed by atoms with E-state index in [1.165, 1.54) is 18.4 Å². The van der Waals surface area contributed by atoms with Crippen molar-refractivity contribution >= 4 is 11.6 Å². The summed E-state index contributed by atoms with van der Waals surface area (Å²) < 4.78 is 6.40. The van der Waals surface area contributed by atoms with E-state index in [1.807, 2.05) is 6.08 Å². The lowest BCUT2D eigenvalue weighted by Gasteiger charge is -2.56. The van der Waals surface area contributed by atoms with Gasteiger partial charge in [-0.3, -0.25) is 9.59 Å². The Bertz CT molecular complexity index is 649. The van der Waals surface area contributed by atoms with Gasteiger partial charge in [0.25, 0.3) is 0 Å². The number of ether oxygens (including phenoxy) is 1. The monoisotopic (exact) mass is 328 g/mol. The molecule has 0 aromatic rings. The fraction of sp³-hybridized carbons (Fsp3) is 0.810. The Hall–Kier alpha value is -0.960. The van der Waals surface area contributed by atoms with E-state index in [2.05, 4.69) is 6.92 Å². The highest BCUT2D eigenvalue weighted by molar-refractivity contribution is 5.91. The summed E-state index contributed by atoms with van der Waals surface area (Å²) in [5, 5.41) is 0. The highest BCUT2D eigenvalue weighted by Crippen LogP contribution is 2.69. The van der Waals surface area contributed by atoms with Gasteiger partial charge in [-0.2, -0.15) is 0 Å². The number of fused-ring (bicyclic) bond motifs is 2. The third-order valence-corrected chi connectivity index (χ3v) is 8.65. The first-order valence-corrected chi connectivity index (χ1v) is 9.82. The zero-order valence-electron chi connectivity index (χ0n) is 14.8. The molecule has 1 heterocycles. The quantitative estimate of drug-likeness (QED) is 0.737. The van der Waals surface area contributed by atoms with Crippen LogP contribution in [0.2, 0.25) is 0 Å². The second-order valence-corrected chi connectivity index (χ2v) is 9.43. The van der Waals surface area contributed by atoms with E-state index in [0.717, 1.165) is 32.3 Å². The first-order chi connectivity index (χ1) is 11.5. The maximum Gasteiger partial charge on any atom is 0.155 e. The van der Waals surface area contributed by atoms with Gasteiger partial charge in [-0.15, -0.1) is 0 Å². The van der Waals surface area contributed by atoms with E-state index in [1.54, 1.807) is 6.92 Å². The minimum atomic E-state index is 0.134. The van der Waals surface area contributed by atoms with Gasteiger partial charge in [0.1, 0.15) is 5.78 Å². The first-order valence-electron chi connectivity index (χ1n) is 9.82. The summed E-state index contributed by atoms with van der Waals surface area (Å²) >= 11 is 0. The molecule has 130 valence electrons. The fourth-order valence-electron chi connectivity index (χ4n) is 7.78. The van der Waals surface area contributed by atoms with Crippen molar-refractivity contribution in [2.75, 3.05) is 6.61 Å². The van der Waals surface area contributed by atoms with Crippen molar-refractivity contribution in [2.45, 2.75) is 64.9 Å². The average molecular weight is 328 g/mol. The molecular weight excluding hydrogens is 300 g/mol. The zero-order valence-corrected chi connectivity index (χ0v) is 14.8. The van der Waals surface area contributed by atoms with Crippen LogP contribution in [0.15, 0.2) is 11.6 Å². The molecule has 4 aliphatic carbocycles. The summed E-state index contributed by atoms with van der Waals surface area (Å²) in [5.74, 6) is 2.88. The summed E-state index contributed by atoms with van der Waals surface area (Å²) in [6, 6.07) is 0. The van der Waals surface area contributed by atoms with Gasteiger partial charge in [0.15, 0.2) is 5.78 Å². The average Bonchev–Trinajstić information content (AvgIpc) is 3.07. The molecule has 0 radical (unpaired) electrons. The third kappa shape index (κ3) is 1.72. The molecule has 0 aromatic heterocycles. The summed E-state index contributed by atoms with van der Waals surface area (Å²) in [6.45, 7) is 4.97. The molecule has 0 aromatic carbocycles. The van der Waals surface area contributed by atoms with E-state index in [0.29, 0.717) is 41.8 Å². The maximum absolute atomic E-state index is 12.2. The van der Waals surface area contributed by atoms with Gasteiger partial charge < -0.3 is 4.74 Å². The van der Waals surface area contributed by atoms with E-state index in [-0.39, 0.29) is 16.7 Å². The summed E-state index contributed by atoms with van der Waals surface area (Å²) in [7, 11) is 0. The molecule has 5 aliphatic rings. The van der Waals surface area contributed by atoms with Crippen molar-refractivity contribution in [3.05, 3.63) is 11.6 Å². The second kappa shape index (κ2) is 4.81. The number of hydrogen-bond donors (Lipinski definition) is 0. The minimum Gasteiger partial charge on any atom is -0.377 e. The molecule has 0 bridgehead atoms. The highest BCUT2D eigenvalue weighted by Gasteiger charge is 2.66. The molecule has 1 spiro atoms. The number of Topliss-reactive ketones (excluding diaryl/α,β-unsaturated/α-hetero) is 1. The molecule has 3 heteroatoms. The van der Waals surface area contributed by atoms with E-state index >= 15 is 0 Å². The van der Waals surface area contributed by atoms with Crippen LogP contribution in [0.3, 0.4) is 0 Å². The molecule has 7 atom stereocenters. The molecule has 4 fully saturated rings. The van der Waals surface area contributed by atoms with Gasteiger partial charge in [0.05, 0.1) is 12.7 Å². The smallest absolute Gasteiger partial charge is 0.155 e. The molecule has 1 aliphatic heterocycles. The Kier molecular flexibility index (Phi) is 3.07. The Labute approximate surface area is 144 Å². The zero-order chi connectivity index (χ0) is 16.7. The second-order valence-electron chi connectivity index (χ2n) is 9.43. The van der Waals surface area contributed by atoms with Crippen molar-refractivity contribution in [1.82, 2.24) is 0 Å². The fourth-order valence-corrected chi connectivity index (χ4v) is 7.78. The van der Waals surface area contributed by atoms with Crippen LogP contribution in [-0.2, 0) is 14.3 Å². The summed E-state index contributed by atoms with van der Waals surface area (Å²) in [6.07, 6.45) is 9.54. The van der Waals surface area contributed by atoms with E-state index in [4.69, 9.17) is 4.74 Å². The molecule has 0 N–H and O–H groups in total. The Morgan fingerprint density at radius 1 is 1.25 bits per heavy atom. The van der Waals surface area contributed by atoms with Gasteiger partial charge in [-0.25, -0.2) is 0 Å². The van der Waals surface area contributed by atoms with Crippen LogP contribution in [0.4, 0.5) is 0 Å². The molecular formula is C21H28O3. The normalized spacial score (nSPS) is 52.3. The Morgan fingerprint density at radius 2 is 2.08 bits per heavy atom. The van der Waals surface area contributed by atoms with Gasteiger partial charge in [0, 0.05) is 17.8 Å². The Balaban J connectivity index is 1.56. The standard InChI is InChI=1S/C21H28O3/c1-12(22)16-5-6-17-15-4-3-13-9-14(23)7-8-21(13)11-24-18(19(15)21)10-20(16,17)2/h9,15-19H,3-8,10-11H2,1-2H3/t15?,16-,17+,18-,19?,20-,21-/m1/s1. The number of hydrogen-bond acceptors (Lipinski definition) is 3. The predicted molar refractivity (Wildman–Crippen MR) is 90.3 cm³/mol. The lowest BCUT2D eigenvalue weighted by molar-refractivity contribution is -0.131. The van der Waals surface area contributed by atoms with Gasteiger partial charge in [-0.1, -0.05) is 12.5 Å². The maximum atomic E-state index is 12.2. The highest BCUT2D eigenvalue weighted by atomic mass is 16.5. The van der Waals surface area contributed by atoms with Crippen LogP contribution in [0, 0.1) is 34.5 Å². The number of carbonyl (C=O) groups is 2. The first kappa shape index (κ1) is 15.3. The van der Waals surface area contributed by atoms with Crippen LogP contribution in [-0.4, -0.2) is 24.3 Å². The van der Waals surface area contributed by atoms with Crippen molar-refractivity contribution < 1.29 is 14.3 Å². The van der Waals surface area contributed by atoms with Crippen LogP contribution >= 0.6 is 0 Å². The molecule has 24 heavy (non-hydrogen) atoms. The van der Waals surface area contributed by atoms with Crippen LogP contribution in [0.1, 0.15) is 58.8 Å². The van der Waals surface area contributed by atoms with Crippen molar-refractivity contribution in [3.63, 3.8) is 0 Å². The molecule has 0 amide bonds. The molecule has 2 unspecified atom stereocenters. The predicted octanol–water partition coefficient (Wildman–Crippen LogP) is 3.71. The molecule has 1 saturated heterocycles. The van der Waals surface area contributed by atoms with Gasteiger partial charge >= 0.3 is 0 Å². The minimum absolute atomic E-state index is 0.134. The number of ketones is 2. The SMILES string of the molecule is CC(=O)[C@H]1CC[C@H]2C3CCC4=CC(=O)CC[C@@]45CO[C@H](C[C@]12C)C35. The van der Waals surface area contributed by atoms with Gasteiger partial charge in [-0.05, 0) is 74.7 Å². The third-order valence-electron chi connectivity index (χ3n) is 8.65. The van der Waals surface area contributed by atoms with Crippen molar-refractivity contribution in [3.8, 4) is 0 Å². The van der Waals surface area contributed by atoms with Crippen LogP contribution in [0.5, 0.6) is 0 Å². The molecule has 3 nitrogen and oxygen atoms in total. The van der Waals surface area contributed by atoms with Crippen LogP contribution in [0.25, 0.3) is 0 Å². The number of carbonyl (C=O) groups excluding carboxylic acids is 2. The summed E-state index contributed by atoms with van der Waals surface area (Å²) in [4.78, 5) is 24.2. The van der Waals surface area contributed by atoms with Crippen LogP contribution < -0.4 is 0 Å². The lowest BCUT2D eigenvalue weighted by Crippen LogP contribution is -2.54. The molecule has 3 saturated carbocycles. The van der Waals surface area contributed by atoms with E-state index < -0.39 is 0 Å². The van der Waals surface area contributed by atoms with Gasteiger partial charge in [0.2, 0.25) is 0 Å². The summed E-state index contributed by atoms with van der Waals surface area (Å²) in [5.41, 5.74) is 1.68. The topological polar surface area (TPSA) is 43.4 Å². The van der Waals surface area contributed by atoms with E-state index in [9.17, 15) is 9.59 Å². The largest absolute Gasteiger partial charge is 0.377 e. The van der Waals surface area contributed by atoms with Crippen molar-refractivity contribution in [1.29, 1.82) is 0 Å². The molecule has 5 rings (SSSR count).